The van der Waals surface area contributed by atoms with Crippen molar-refractivity contribution in [1.82, 2.24) is 4.98 Å². The first-order valence-corrected chi connectivity index (χ1v) is 9.19. The van der Waals surface area contributed by atoms with E-state index in [9.17, 15) is 9.59 Å². The van der Waals surface area contributed by atoms with Crippen LogP contribution in [0.5, 0.6) is 0 Å². The third kappa shape index (κ3) is 4.73. The van der Waals surface area contributed by atoms with Crippen LogP contribution in [-0.2, 0) is 9.59 Å². The number of fused-ring (bicyclic) bond motifs is 1. The Balaban J connectivity index is 1.97. The Bertz CT molecular complexity index is 891. The van der Waals surface area contributed by atoms with Crippen molar-refractivity contribution in [3.05, 3.63) is 42.5 Å². The fraction of sp³-hybridized carbons (Fsp3) is 0.286. The number of oxazole rings is 1. The number of nitrogens with zero attached hydrogens (tertiary/aromatic N) is 1. The third-order valence-corrected chi connectivity index (χ3v) is 4.00. The van der Waals surface area contributed by atoms with E-state index >= 15 is 0 Å². The Morgan fingerprint density at radius 2 is 1.52 bits per heavy atom. The number of anilines is 2. The van der Waals surface area contributed by atoms with E-state index in [0.29, 0.717) is 41.3 Å². The van der Waals surface area contributed by atoms with Crippen molar-refractivity contribution in [2.75, 3.05) is 10.6 Å². The van der Waals surface area contributed by atoms with Crippen molar-refractivity contribution in [2.24, 2.45) is 0 Å². The molecule has 0 aliphatic heterocycles. The molecule has 0 unspecified atom stereocenters. The number of carbonyl (C=O) groups excluding carboxylic acids is 2. The van der Waals surface area contributed by atoms with Crippen molar-refractivity contribution in [3.63, 3.8) is 0 Å². The van der Waals surface area contributed by atoms with E-state index < -0.39 is 0 Å². The van der Waals surface area contributed by atoms with E-state index in [1.54, 1.807) is 18.2 Å². The SMILES string of the molecule is CCCC(=O)Nc1cc(NC(=O)CCC)cc(-c2nc3ccccc3o2)c1. The number of aromatic nitrogens is 1. The standard InChI is InChI=1S/C21H23N3O3/c1-3-7-19(25)22-15-11-14(12-16(13-15)23-20(26)8-4-2)21-24-17-9-5-6-10-18(17)27-21/h5-6,9-13H,3-4,7-8H2,1-2H3,(H,22,25)(H,23,26). The second kappa shape index (κ2) is 8.49. The van der Waals surface area contributed by atoms with E-state index in [2.05, 4.69) is 15.6 Å². The summed E-state index contributed by atoms with van der Waals surface area (Å²) in [7, 11) is 0. The van der Waals surface area contributed by atoms with Crippen LogP contribution in [0.4, 0.5) is 11.4 Å². The first-order chi connectivity index (χ1) is 13.1. The van der Waals surface area contributed by atoms with Crippen LogP contribution < -0.4 is 10.6 Å². The average molecular weight is 365 g/mol. The number of benzene rings is 2. The Morgan fingerprint density at radius 1 is 0.926 bits per heavy atom. The van der Waals surface area contributed by atoms with Gasteiger partial charge in [0.15, 0.2) is 5.58 Å². The first-order valence-electron chi connectivity index (χ1n) is 9.19. The predicted octanol–water partition coefficient (Wildman–Crippen LogP) is 4.97. The molecule has 1 aromatic heterocycles. The number of hydrogen-bond acceptors (Lipinski definition) is 4. The fourth-order valence-corrected chi connectivity index (χ4v) is 2.79. The summed E-state index contributed by atoms with van der Waals surface area (Å²) in [4.78, 5) is 28.5. The number of rotatable bonds is 7. The highest BCUT2D eigenvalue weighted by atomic mass is 16.3. The molecule has 0 saturated carbocycles. The molecule has 3 aromatic rings. The first kappa shape index (κ1) is 18.6. The number of carbonyl (C=O) groups is 2. The van der Waals surface area contributed by atoms with Crippen LogP contribution in [0.2, 0.25) is 0 Å². The summed E-state index contributed by atoms with van der Waals surface area (Å²) in [5.41, 5.74) is 3.32. The van der Waals surface area contributed by atoms with Crippen LogP contribution in [0.1, 0.15) is 39.5 Å². The van der Waals surface area contributed by atoms with Crippen LogP contribution in [0.25, 0.3) is 22.6 Å². The molecule has 6 heteroatoms. The molecule has 6 nitrogen and oxygen atoms in total. The normalized spacial score (nSPS) is 10.7. The van der Waals surface area contributed by atoms with Gasteiger partial charge in [0, 0.05) is 29.8 Å². The van der Waals surface area contributed by atoms with Crippen molar-refractivity contribution in [3.8, 4) is 11.5 Å². The summed E-state index contributed by atoms with van der Waals surface area (Å²) in [5, 5.41) is 5.75. The van der Waals surface area contributed by atoms with Crippen molar-refractivity contribution in [2.45, 2.75) is 39.5 Å². The third-order valence-electron chi connectivity index (χ3n) is 4.00. The quantitative estimate of drug-likeness (QED) is 0.619. The molecule has 2 aromatic carbocycles. The molecule has 140 valence electrons. The highest BCUT2D eigenvalue weighted by Gasteiger charge is 2.13. The van der Waals surface area contributed by atoms with Crippen LogP contribution in [0.3, 0.4) is 0 Å². The van der Waals surface area contributed by atoms with Gasteiger partial charge in [-0.3, -0.25) is 9.59 Å². The zero-order chi connectivity index (χ0) is 19.2. The van der Waals surface area contributed by atoms with Gasteiger partial charge in [-0.15, -0.1) is 0 Å². The molecule has 0 radical (unpaired) electrons. The van der Waals surface area contributed by atoms with Crippen molar-refractivity contribution in [1.29, 1.82) is 0 Å². The summed E-state index contributed by atoms with van der Waals surface area (Å²) >= 11 is 0. The summed E-state index contributed by atoms with van der Waals surface area (Å²) in [6.45, 7) is 3.90. The molecule has 0 spiro atoms. The number of amides is 2. The molecule has 0 bridgehead atoms. The summed E-state index contributed by atoms with van der Waals surface area (Å²) < 4.78 is 5.83. The lowest BCUT2D eigenvalue weighted by Gasteiger charge is -2.11. The van der Waals surface area contributed by atoms with Gasteiger partial charge in [0.25, 0.3) is 0 Å². The van der Waals surface area contributed by atoms with Crippen LogP contribution in [-0.4, -0.2) is 16.8 Å². The Kier molecular flexibility index (Phi) is 5.86. The molecular formula is C21H23N3O3. The lowest BCUT2D eigenvalue weighted by Crippen LogP contribution is -2.13. The smallest absolute Gasteiger partial charge is 0.227 e. The molecule has 0 saturated heterocycles. The monoisotopic (exact) mass is 365 g/mol. The van der Waals surface area contributed by atoms with E-state index in [1.165, 1.54) is 0 Å². The van der Waals surface area contributed by atoms with E-state index in [-0.39, 0.29) is 11.8 Å². The second-order valence-corrected chi connectivity index (χ2v) is 6.38. The lowest BCUT2D eigenvalue weighted by atomic mass is 10.1. The maximum atomic E-state index is 12.0. The molecule has 2 N–H and O–H groups in total. The molecule has 27 heavy (non-hydrogen) atoms. The summed E-state index contributed by atoms with van der Waals surface area (Å²) in [6, 6.07) is 12.8. The van der Waals surface area contributed by atoms with Crippen LogP contribution in [0.15, 0.2) is 46.9 Å². The van der Waals surface area contributed by atoms with Crippen molar-refractivity contribution >= 4 is 34.3 Å². The Morgan fingerprint density at radius 3 is 2.07 bits per heavy atom. The van der Waals surface area contributed by atoms with Gasteiger partial charge >= 0.3 is 0 Å². The Labute approximate surface area is 158 Å². The van der Waals surface area contributed by atoms with Gasteiger partial charge in [0.2, 0.25) is 17.7 Å². The maximum Gasteiger partial charge on any atom is 0.227 e. The molecule has 2 amide bonds. The van der Waals surface area contributed by atoms with Crippen LogP contribution in [0, 0.1) is 0 Å². The van der Waals surface area contributed by atoms with Gasteiger partial charge in [-0.05, 0) is 43.2 Å². The fourth-order valence-electron chi connectivity index (χ4n) is 2.79. The number of para-hydroxylation sites is 2. The molecule has 0 fully saturated rings. The molecular weight excluding hydrogens is 342 g/mol. The van der Waals surface area contributed by atoms with Gasteiger partial charge in [0.05, 0.1) is 0 Å². The number of hydrogen-bond donors (Lipinski definition) is 2. The predicted molar refractivity (Wildman–Crippen MR) is 107 cm³/mol. The molecule has 3 rings (SSSR count). The maximum absolute atomic E-state index is 12.0. The number of nitrogens with one attached hydrogen (secondary N) is 2. The van der Waals surface area contributed by atoms with Gasteiger partial charge < -0.3 is 15.1 Å². The highest BCUT2D eigenvalue weighted by molar-refractivity contribution is 5.95. The van der Waals surface area contributed by atoms with E-state index in [4.69, 9.17) is 4.42 Å². The summed E-state index contributed by atoms with van der Waals surface area (Å²) in [6.07, 6.45) is 2.39. The Hall–Kier alpha value is -3.15. The van der Waals surface area contributed by atoms with E-state index in [0.717, 1.165) is 18.4 Å². The second-order valence-electron chi connectivity index (χ2n) is 6.38. The van der Waals surface area contributed by atoms with E-state index in [1.807, 2.05) is 38.1 Å². The lowest BCUT2D eigenvalue weighted by molar-refractivity contribution is -0.117. The minimum absolute atomic E-state index is 0.0713. The molecule has 0 aliphatic carbocycles. The molecule has 0 atom stereocenters. The molecule has 1 heterocycles. The zero-order valence-electron chi connectivity index (χ0n) is 15.5. The average Bonchev–Trinajstić information content (AvgIpc) is 3.06. The van der Waals surface area contributed by atoms with Gasteiger partial charge in [-0.2, -0.15) is 0 Å². The van der Waals surface area contributed by atoms with Gasteiger partial charge in [-0.25, -0.2) is 4.98 Å². The summed E-state index contributed by atoms with van der Waals surface area (Å²) in [5.74, 6) is 0.296. The van der Waals surface area contributed by atoms with Gasteiger partial charge in [0.1, 0.15) is 5.52 Å². The van der Waals surface area contributed by atoms with Crippen molar-refractivity contribution < 1.29 is 14.0 Å². The van der Waals surface area contributed by atoms with Crippen LogP contribution >= 0.6 is 0 Å². The highest BCUT2D eigenvalue weighted by Crippen LogP contribution is 2.29. The van der Waals surface area contributed by atoms with Gasteiger partial charge in [-0.1, -0.05) is 26.0 Å². The molecule has 0 aliphatic rings. The zero-order valence-corrected chi connectivity index (χ0v) is 15.5. The largest absolute Gasteiger partial charge is 0.436 e. The topological polar surface area (TPSA) is 84.2 Å². The minimum atomic E-state index is -0.0713. The minimum Gasteiger partial charge on any atom is -0.436 e.